The van der Waals surface area contributed by atoms with Crippen LogP contribution in [0.25, 0.3) is 0 Å². The fourth-order valence-electron chi connectivity index (χ4n) is 1.61. The molecule has 1 unspecified atom stereocenters. The minimum atomic E-state index is -0.195. The van der Waals surface area contributed by atoms with Gasteiger partial charge in [-0.1, -0.05) is 11.3 Å². The summed E-state index contributed by atoms with van der Waals surface area (Å²) in [5, 5.41) is 7.70. The van der Waals surface area contributed by atoms with Crippen LogP contribution in [-0.2, 0) is 7.05 Å². The number of hydrogen-bond acceptors (Lipinski definition) is 5. The van der Waals surface area contributed by atoms with E-state index in [-0.39, 0.29) is 6.04 Å². The number of nitrogens with two attached hydrogens (primary N) is 1. The molecule has 6 heteroatoms. The molecule has 2 heterocycles. The first-order chi connectivity index (χ1) is 7.72. The molecule has 0 amide bonds. The van der Waals surface area contributed by atoms with E-state index in [0.29, 0.717) is 0 Å². The average Bonchev–Trinajstić information content (AvgIpc) is 2.67. The molecule has 0 fully saturated rings. The summed E-state index contributed by atoms with van der Waals surface area (Å²) in [6.45, 7) is 1.94. The minimum Gasteiger partial charge on any atom is -0.270 e. The molecule has 0 aliphatic heterocycles. The Hall–Kier alpha value is -1.79. The standard InChI is InChI=1S/C10H14N6/c1-7-4-3-5-8(13-7)10(14-11)9-6-12-15-16(9)2/h3-6,10,14H,11H2,1-2H3. The van der Waals surface area contributed by atoms with Crippen LogP contribution >= 0.6 is 0 Å². The Kier molecular flexibility index (Phi) is 2.93. The van der Waals surface area contributed by atoms with E-state index < -0.39 is 0 Å². The predicted molar refractivity (Wildman–Crippen MR) is 59.1 cm³/mol. The van der Waals surface area contributed by atoms with Gasteiger partial charge in [0.2, 0.25) is 0 Å². The van der Waals surface area contributed by atoms with Crippen molar-refractivity contribution in [1.29, 1.82) is 0 Å². The summed E-state index contributed by atoms with van der Waals surface area (Å²) in [7, 11) is 1.82. The van der Waals surface area contributed by atoms with Gasteiger partial charge in [0.15, 0.2) is 0 Å². The second-order valence-electron chi connectivity index (χ2n) is 3.59. The first-order valence-corrected chi connectivity index (χ1v) is 4.96. The molecule has 0 bridgehead atoms. The molecule has 16 heavy (non-hydrogen) atoms. The lowest BCUT2D eigenvalue weighted by atomic mass is 10.1. The lowest BCUT2D eigenvalue weighted by Crippen LogP contribution is -2.31. The van der Waals surface area contributed by atoms with Gasteiger partial charge in [-0.15, -0.1) is 5.10 Å². The third-order valence-electron chi connectivity index (χ3n) is 2.42. The van der Waals surface area contributed by atoms with Crippen LogP contribution in [0.15, 0.2) is 24.4 Å². The van der Waals surface area contributed by atoms with Crippen molar-refractivity contribution in [2.75, 3.05) is 0 Å². The van der Waals surface area contributed by atoms with Crippen LogP contribution in [0.1, 0.15) is 23.1 Å². The molecule has 6 nitrogen and oxygen atoms in total. The average molecular weight is 218 g/mol. The van der Waals surface area contributed by atoms with E-state index >= 15 is 0 Å². The van der Waals surface area contributed by atoms with Gasteiger partial charge < -0.3 is 0 Å². The Bertz CT molecular complexity index is 478. The fraction of sp³-hybridized carbons (Fsp3) is 0.300. The van der Waals surface area contributed by atoms with Crippen molar-refractivity contribution in [3.63, 3.8) is 0 Å². The molecule has 0 aliphatic carbocycles. The van der Waals surface area contributed by atoms with Gasteiger partial charge >= 0.3 is 0 Å². The highest BCUT2D eigenvalue weighted by atomic mass is 15.4. The van der Waals surface area contributed by atoms with Crippen molar-refractivity contribution in [2.45, 2.75) is 13.0 Å². The van der Waals surface area contributed by atoms with E-state index in [9.17, 15) is 0 Å². The minimum absolute atomic E-state index is 0.195. The number of aromatic nitrogens is 4. The monoisotopic (exact) mass is 218 g/mol. The number of aryl methyl sites for hydroxylation is 2. The van der Waals surface area contributed by atoms with Gasteiger partial charge in [-0.2, -0.15) is 0 Å². The zero-order valence-corrected chi connectivity index (χ0v) is 9.25. The van der Waals surface area contributed by atoms with Crippen LogP contribution < -0.4 is 11.3 Å². The normalized spacial score (nSPS) is 12.7. The van der Waals surface area contributed by atoms with Crippen LogP contribution in [0, 0.1) is 6.92 Å². The molecular weight excluding hydrogens is 204 g/mol. The molecule has 84 valence electrons. The largest absolute Gasteiger partial charge is 0.270 e. The maximum atomic E-state index is 5.56. The van der Waals surface area contributed by atoms with Gasteiger partial charge in [-0.25, -0.2) is 5.43 Å². The van der Waals surface area contributed by atoms with Crippen LogP contribution in [0.5, 0.6) is 0 Å². The smallest absolute Gasteiger partial charge is 0.106 e. The van der Waals surface area contributed by atoms with Gasteiger partial charge in [0.25, 0.3) is 0 Å². The maximum Gasteiger partial charge on any atom is 0.106 e. The summed E-state index contributed by atoms with van der Waals surface area (Å²) in [5.74, 6) is 5.56. The first-order valence-electron chi connectivity index (χ1n) is 4.96. The van der Waals surface area contributed by atoms with Gasteiger partial charge in [-0.05, 0) is 19.1 Å². The number of nitrogens with one attached hydrogen (secondary N) is 1. The number of hydrogen-bond donors (Lipinski definition) is 2. The molecule has 0 radical (unpaired) electrons. The quantitative estimate of drug-likeness (QED) is 0.563. The number of pyridine rings is 1. The molecular formula is C10H14N6. The maximum absolute atomic E-state index is 5.56. The molecule has 2 aromatic heterocycles. The summed E-state index contributed by atoms with van der Waals surface area (Å²) in [6.07, 6.45) is 1.68. The molecule has 2 rings (SSSR count). The van der Waals surface area contributed by atoms with Gasteiger partial charge in [0.05, 0.1) is 17.6 Å². The molecule has 0 saturated carbocycles. The van der Waals surface area contributed by atoms with Crippen molar-refractivity contribution in [3.8, 4) is 0 Å². The SMILES string of the molecule is Cc1cccc(C(NN)c2cnnn2C)n1. The molecule has 0 spiro atoms. The number of rotatable bonds is 3. The van der Waals surface area contributed by atoms with Crippen LogP contribution in [0.3, 0.4) is 0 Å². The highest BCUT2D eigenvalue weighted by molar-refractivity contribution is 5.21. The van der Waals surface area contributed by atoms with Crippen LogP contribution in [-0.4, -0.2) is 20.0 Å². The Morgan fingerprint density at radius 3 is 2.81 bits per heavy atom. The Labute approximate surface area is 93.5 Å². The van der Waals surface area contributed by atoms with Crippen molar-refractivity contribution in [2.24, 2.45) is 12.9 Å². The Balaban J connectivity index is 2.40. The van der Waals surface area contributed by atoms with Crippen molar-refractivity contribution in [3.05, 3.63) is 41.5 Å². The van der Waals surface area contributed by atoms with Gasteiger partial charge in [0.1, 0.15) is 6.04 Å². The van der Waals surface area contributed by atoms with Crippen LogP contribution in [0.2, 0.25) is 0 Å². The van der Waals surface area contributed by atoms with Gasteiger partial charge in [0, 0.05) is 12.7 Å². The van der Waals surface area contributed by atoms with E-state index in [4.69, 9.17) is 5.84 Å². The number of hydrazine groups is 1. The highest BCUT2D eigenvalue weighted by Crippen LogP contribution is 2.17. The van der Waals surface area contributed by atoms with Crippen molar-refractivity contribution in [1.82, 2.24) is 25.4 Å². The summed E-state index contributed by atoms with van der Waals surface area (Å²) >= 11 is 0. The van der Waals surface area contributed by atoms with Gasteiger partial charge in [-0.3, -0.25) is 15.5 Å². The highest BCUT2D eigenvalue weighted by Gasteiger charge is 2.17. The molecule has 1 atom stereocenters. The zero-order valence-electron chi connectivity index (χ0n) is 9.25. The molecule has 0 saturated heterocycles. The molecule has 0 aromatic carbocycles. The van der Waals surface area contributed by atoms with E-state index in [1.165, 1.54) is 0 Å². The first kappa shape index (κ1) is 10.7. The molecule has 3 N–H and O–H groups in total. The zero-order chi connectivity index (χ0) is 11.5. The van der Waals surface area contributed by atoms with E-state index in [2.05, 4.69) is 20.7 Å². The summed E-state index contributed by atoms with van der Waals surface area (Å²) in [5.41, 5.74) is 5.41. The summed E-state index contributed by atoms with van der Waals surface area (Å²) < 4.78 is 1.68. The fourth-order valence-corrected chi connectivity index (χ4v) is 1.61. The van der Waals surface area contributed by atoms with Crippen LogP contribution in [0.4, 0.5) is 0 Å². The topological polar surface area (TPSA) is 81.6 Å². The Morgan fingerprint density at radius 2 is 2.25 bits per heavy atom. The van der Waals surface area contributed by atoms with E-state index in [0.717, 1.165) is 17.1 Å². The Morgan fingerprint density at radius 1 is 1.44 bits per heavy atom. The predicted octanol–water partition coefficient (Wildman–Crippen LogP) is 0.0712. The summed E-state index contributed by atoms with van der Waals surface area (Å²) in [4.78, 5) is 4.43. The lowest BCUT2D eigenvalue weighted by molar-refractivity contribution is 0.559. The molecule has 0 aliphatic rings. The second kappa shape index (κ2) is 4.38. The molecule has 2 aromatic rings. The van der Waals surface area contributed by atoms with E-state index in [1.54, 1.807) is 10.9 Å². The van der Waals surface area contributed by atoms with Crippen molar-refractivity contribution >= 4 is 0 Å². The third-order valence-corrected chi connectivity index (χ3v) is 2.42. The third kappa shape index (κ3) is 1.93. The lowest BCUT2D eigenvalue weighted by Gasteiger charge is -2.15. The number of nitrogens with zero attached hydrogens (tertiary/aromatic N) is 4. The van der Waals surface area contributed by atoms with E-state index in [1.807, 2.05) is 32.2 Å². The second-order valence-corrected chi connectivity index (χ2v) is 3.59. The summed E-state index contributed by atoms with van der Waals surface area (Å²) in [6, 6.07) is 5.62. The van der Waals surface area contributed by atoms with Crippen molar-refractivity contribution < 1.29 is 0 Å².